The van der Waals surface area contributed by atoms with E-state index in [9.17, 15) is 9.59 Å². The van der Waals surface area contributed by atoms with Crippen LogP contribution in [0.15, 0.2) is 47.0 Å². The second-order valence-electron chi connectivity index (χ2n) is 8.77. The molecule has 0 saturated heterocycles. The molecule has 32 heavy (non-hydrogen) atoms. The highest BCUT2D eigenvalue weighted by Gasteiger charge is 2.19. The Balaban J connectivity index is 1.77. The molecule has 2 amide bonds. The molecule has 0 aliphatic rings. The maximum atomic E-state index is 12.9. The third-order valence-electron chi connectivity index (χ3n) is 4.49. The SMILES string of the molecule is Cc1cccc(-c2nc(C(C)C)no2)c1NC(=O)c1ccc(NC(=O)OC(C)(C)C)cc1. The van der Waals surface area contributed by atoms with Crippen LogP contribution in [0.25, 0.3) is 11.5 Å². The topological polar surface area (TPSA) is 106 Å². The van der Waals surface area contributed by atoms with Gasteiger partial charge < -0.3 is 14.6 Å². The van der Waals surface area contributed by atoms with Crippen molar-refractivity contribution in [3.63, 3.8) is 0 Å². The smallest absolute Gasteiger partial charge is 0.412 e. The lowest BCUT2D eigenvalue weighted by atomic mass is 10.1. The number of hydrogen-bond acceptors (Lipinski definition) is 6. The number of rotatable bonds is 5. The fraction of sp³-hybridized carbons (Fsp3) is 0.333. The van der Waals surface area contributed by atoms with Gasteiger partial charge in [0.05, 0.1) is 11.3 Å². The third kappa shape index (κ3) is 5.72. The van der Waals surface area contributed by atoms with Gasteiger partial charge in [0.1, 0.15) is 5.60 Å². The molecular formula is C24H28N4O4. The van der Waals surface area contributed by atoms with Crippen LogP contribution in [0, 0.1) is 6.92 Å². The summed E-state index contributed by atoms with van der Waals surface area (Å²) in [6.07, 6.45) is -0.556. The summed E-state index contributed by atoms with van der Waals surface area (Å²) < 4.78 is 10.7. The molecule has 0 spiro atoms. The number of benzene rings is 2. The number of para-hydroxylation sites is 1. The van der Waals surface area contributed by atoms with Crippen LogP contribution in [0.2, 0.25) is 0 Å². The van der Waals surface area contributed by atoms with Crippen LogP contribution in [0.5, 0.6) is 0 Å². The molecule has 0 aliphatic carbocycles. The summed E-state index contributed by atoms with van der Waals surface area (Å²) in [5.41, 5.74) is 2.49. The van der Waals surface area contributed by atoms with Gasteiger partial charge in [-0.1, -0.05) is 31.1 Å². The van der Waals surface area contributed by atoms with E-state index < -0.39 is 11.7 Å². The van der Waals surface area contributed by atoms with Gasteiger partial charge in [0.25, 0.3) is 11.8 Å². The average Bonchev–Trinajstić information content (AvgIpc) is 3.19. The molecule has 2 aromatic carbocycles. The van der Waals surface area contributed by atoms with Crippen molar-refractivity contribution in [3.05, 3.63) is 59.4 Å². The Labute approximate surface area is 187 Å². The summed E-state index contributed by atoms with van der Waals surface area (Å²) in [4.78, 5) is 29.2. The second kappa shape index (κ2) is 9.21. The minimum absolute atomic E-state index is 0.128. The number of aryl methyl sites for hydroxylation is 1. The lowest BCUT2D eigenvalue weighted by molar-refractivity contribution is 0.0636. The Bertz CT molecular complexity index is 1110. The van der Waals surface area contributed by atoms with E-state index in [4.69, 9.17) is 9.26 Å². The van der Waals surface area contributed by atoms with Crippen LogP contribution in [0.4, 0.5) is 16.2 Å². The Morgan fingerprint density at radius 2 is 1.72 bits per heavy atom. The van der Waals surface area contributed by atoms with E-state index in [1.165, 1.54) is 0 Å². The predicted octanol–water partition coefficient (Wildman–Crippen LogP) is 5.77. The van der Waals surface area contributed by atoms with Crippen LogP contribution < -0.4 is 10.6 Å². The van der Waals surface area contributed by atoms with Gasteiger partial charge in [0, 0.05) is 17.2 Å². The monoisotopic (exact) mass is 436 g/mol. The van der Waals surface area contributed by atoms with Gasteiger partial charge in [-0.05, 0) is 63.6 Å². The van der Waals surface area contributed by atoms with Crippen LogP contribution in [-0.4, -0.2) is 27.7 Å². The van der Waals surface area contributed by atoms with Crippen molar-refractivity contribution in [2.24, 2.45) is 0 Å². The van der Waals surface area contributed by atoms with E-state index in [0.717, 1.165) is 5.56 Å². The van der Waals surface area contributed by atoms with Crippen LogP contribution >= 0.6 is 0 Å². The molecule has 3 aromatic rings. The zero-order valence-electron chi connectivity index (χ0n) is 19.1. The summed E-state index contributed by atoms with van der Waals surface area (Å²) in [6, 6.07) is 12.1. The molecule has 2 N–H and O–H groups in total. The minimum Gasteiger partial charge on any atom is -0.444 e. The van der Waals surface area contributed by atoms with Crippen molar-refractivity contribution >= 4 is 23.4 Å². The van der Waals surface area contributed by atoms with Gasteiger partial charge in [-0.15, -0.1) is 0 Å². The molecule has 0 aliphatic heterocycles. The maximum absolute atomic E-state index is 12.9. The number of ether oxygens (including phenoxy) is 1. The molecule has 1 aromatic heterocycles. The minimum atomic E-state index is -0.594. The van der Waals surface area contributed by atoms with Crippen LogP contribution in [0.1, 0.15) is 62.3 Å². The van der Waals surface area contributed by atoms with Crippen LogP contribution in [0.3, 0.4) is 0 Å². The van der Waals surface area contributed by atoms with Gasteiger partial charge >= 0.3 is 6.09 Å². The van der Waals surface area contributed by atoms with E-state index in [2.05, 4.69) is 20.8 Å². The maximum Gasteiger partial charge on any atom is 0.412 e. The number of amides is 2. The quantitative estimate of drug-likeness (QED) is 0.526. The lowest BCUT2D eigenvalue weighted by Crippen LogP contribution is -2.27. The number of nitrogens with one attached hydrogen (secondary N) is 2. The number of anilines is 2. The van der Waals surface area contributed by atoms with Gasteiger partial charge in [-0.25, -0.2) is 4.79 Å². The molecule has 0 saturated carbocycles. The predicted molar refractivity (Wildman–Crippen MR) is 123 cm³/mol. The molecule has 8 heteroatoms. The third-order valence-corrected chi connectivity index (χ3v) is 4.49. The molecular weight excluding hydrogens is 408 g/mol. The summed E-state index contributed by atoms with van der Waals surface area (Å²) in [7, 11) is 0. The average molecular weight is 437 g/mol. The van der Waals surface area contributed by atoms with Crippen molar-refractivity contribution in [1.82, 2.24) is 10.1 Å². The molecule has 0 atom stereocenters. The molecule has 0 radical (unpaired) electrons. The normalized spacial score (nSPS) is 11.3. The first-order chi connectivity index (χ1) is 15.0. The molecule has 0 bridgehead atoms. The second-order valence-corrected chi connectivity index (χ2v) is 8.77. The first-order valence-electron chi connectivity index (χ1n) is 10.4. The van der Waals surface area contributed by atoms with E-state index in [1.54, 1.807) is 45.0 Å². The van der Waals surface area contributed by atoms with E-state index in [1.807, 2.05) is 39.0 Å². The van der Waals surface area contributed by atoms with Crippen molar-refractivity contribution in [1.29, 1.82) is 0 Å². The van der Waals surface area contributed by atoms with Gasteiger partial charge in [-0.3, -0.25) is 10.1 Å². The van der Waals surface area contributed by atoms with Gasteiger partial charge in [0.2, 0.25) is 0 Å². The summed E-state index contributed by atoms with van der Waals surface area (Å²) in [6.45, 7) is 11.2. The van der Waals surface area contributed by atoms with Crippen molar-refractivity contribution < 1.29 is 18.8 Å². The first kappa shape index (κ1) is 23.0. The zero-order chi connectivity index (χ0) is 23.5. The highest BCUT2D eigenvalue weighted by Crippen LogP contribution is 2.31. The number of hydrogen-bond donors (Lipinski definition) is 2. The summed E-state index contributed by atoms with van der Waals surface area (Å²) in [5.74, 6) is 0.785. The fourth-order valence-corrected chi connectivity index (χ4v) is 2.90. The largest absolute Gasteiger partial charge is 0.444 e. The van der Waals surface area contributed by atoms with E-state index in [0.29, 0.717) is 34.2 Å². The highest BCUT2D eigenvalue weighted by atomic mass is 16.6. The standard InChI is InChI=1S/C24H28N4O4/c1-14(2)20-27-22(32-28-20)18-9-7-8-15(3)19(18)26-21(29)16-10-12-17(13-11-16)25-23(30)31-24(4,5)6/h7-14H,1-6H3,(H,25,30)(H,26,29). The summed E-state index contributed by atoms with van der Waals surface area (Å²) >= 11 is 0. The van der Waals surface area contributed by atoms with Crippen molar-refractivity contribution in [3.8, 4) is 11.5 Å². The number of carbonyl (C=O) groups excluding carboxylic acids is 2. The fourth-order valence-electron chi connectivity index (χ4n) is 2.90. The molecule has 1 heterocycles. The number of nitrogens with zero attached hydrogens (tertiary/aromatic N) is 2. The van der Waals surface area contributed by atoms with Crippen molar-refractivity contribution in [2.75, 3.05) is 10.6 Å². The van der Waals surface area contributed by atoms with Gasteiger partial charge in [0.15, 0.2) is 5.82 Å². The highest BCUT2D eigenvalue weighted by molar-refractivity contribution is 6.06. The summed E-state index contributed by atoms with van der Waals surface area (Å²) in [5, 5.41) is 9.60. The Kier molecular flexibility index (Phi) is 6.62. The van der Waals surface area contributed by atoms with Crippen LogP contribution in [-0.2, 0) is 4.74 Å². The van der Waals surface area contributed by atoms with Crippen molar-refractivity contribution in [2.45, 2.75) is 53.1 Å². The number of carbonyl (C=O) groups is 2. The van der Waals surface area contributed by atoms with Gasteiger partial charge in [-0.2, -0.15) is 4.98 Å². The Morgan fingerprint density at radius 3 is 2.31 bits per heavy atom. The van der Waals surface area contributed by atoms with E-state index >= 15 is 0 Å². The zero-order valence-corrected chi connectivity index (χ0v) is 19.1. The first-order valence-corrected chi connectivity index (χ1v) is 10.4. The molecule has 168 valence electrons. The Morgan fingerprint density at radius 1 is 1.03 bits per heavy atom. The molecule has 0 fully saturated rings. The molecule has 0 unspecified atom stereocenters. The molecule has 3 rings (SSSR count). The van der Waals surface area contributed by atoms with E-state index in [-0.39, 0.29) is 11.8 Å². The number of aromatic nitrogens is 2. The Hall–Kier alpha value is -3.68. The lowest BCUT2D eigenvalue weighted by Gasteiger charge is -2.19. The molecule has 8 nitrogen and oxygen atoms in total.